The van der Waals surface area contributed by atoms with Crippen LogP contribution in [0.4, 0.5) is 0 Å². The fraction of sp³-hybridized carbons (Fsp3) is 0.633. The standard InChI is InChI=1S/C30H50NO9P/c1-6-7-8-9-10-11-12-13-14-15-16-17-18-20-28(33)21-19-22-30(34)37-25-29(40-27(2)32)26-39-41(35,36)38-24-23-31(3,4)5/h10-11,13-14,16-18,20,29H,6-9,12,15,19,21-26H2,1-5H3/b11-10-,14-13-,17-16-,20-18+/t29-/m1/s1. The molecule has 11 heteroatoms. The van der Waals surface area contributed by atoms with Gasteiger partial charge in [-0.1, -0.05) is 62.3 Å². The summed E-state index contributed by atoms with van der Waals surface area (Å²) in [7, 11) is 1.02. The van der Waals surface area contributed by atoms with Crippen molar-refractivity contribution in [3.63, 3.8) is 0 Å². The molecule has 0 fully saturated rings. The van der Waals surface area contributed by atoms with E-state index in [4.69, 9.17) is 18.5 Å². The number of esters is 2. The molecule has 0 saturated carbocycles. The predicted molar refractivity (Wildman–Crippen MR) is 158 cm³/mol. The summed E-state index contributed by atoms with van der Waals surface area (Å²) in [5, 5.41) is 0. The Hall–Kier alpha value is -2.36. The van der Waals surface area contributed by atoms with Crippen LogP contribution >= 0.6 is 7.82 Å². The van der Waals surface area contributed by atoms with E-state index in [0.717, 1.165) is 26.2 Å². The van der Waals surface area contributed by atoms with Crippen LogP contribution in [-0.2, 0) is 37.5 Å². The number of ether oxygens (including phenoxy) is 2. The molecule has 0 N–H and O–H groups in total. The molecule has 0 radical (unpaired) electrons. The molecule has 0 aromatic carbocycles. The zero-order chi connectivity index (χ0) is 31.0. The second-order valence-corrected chi connectivity index (χ2v) is 11.9. The topological polar surface area (TPSA) is 128 Å². The molecule has 0 bridgehead atoms. The Morgan fingerprint density at radius 3 is 2.22 bits per heavy atom. The van der Waals surface area contributed by atoms with Gasteiger partial charge in [-0.25, -0.2) is 0 Å². The number of quaternary nitrogens is 1. The maximum Gasteiger partial charge on any atom is 0.305 e. The van der Waals surface area contributed by atoms with Crippen molar-refractivity contribution in [1.29, 1.82) is 0 Å². The van der Waals surface area contributed by atoms with Crippen molar-refractivity contribution in [1.82, 2.24) is 0 Å². The van der Waals surface area contributed by atoms with E-state index in [0.29, 0.717) is 11.0 Å². The molecule has 0 aliphatic rings. The Morgan fingerprint density at radius 2 is 1.56 bits per heavy atom. The van der Waals surface area contributed by atoms with E-state index in [1.165, 1.54) is 25.3 Å². The fourth-order valence-corrected chi connectivity index (χ4v) is 3.86. The van der Waals surface area contributed by atoms with Gasteiger partial charge in [-0.15, -0.1) is 0 Å². The minimum atomic E-state index is -4.62. The fourth-order valence-electron chi connectivity index (χ4n) is 3.13. The van der Waals surface area contributed by atoms with E-state index >= 15 is 0 Å². The van der Waals surface area contributed by atoms with Gasteiger partial charge >= 0.3 is 11.9 Å². The van der Waals surface area contributed by atoms with Crippen LogP contribution in [0.25, 0.3) is 0 Å². The van der Waals surface area contributed by atoms with E-state index in [2.05, 4.69) is 31.2 Å². The number of phosphoric acid groups is 1. The van der Waals surface area contributed by atoms with E-state index in [1.807, 2.05) is 33.3 Å². The van der Waals surface area contributed by atoms with Crippen LogP contribution in [0, 0.1) is 0 Å². The van der Waals surface area contributed by atoms with Gasteiger partial charge in [-0.2, -0.15) is 0 Å². The van der Waals surface area contributed by atoms with Crippen molar-refractivity contribution in [3.8, 4) is 0 Å². The third kappa shape index (κ3) is 27.6. The summed E-state index contributed by atoms with van der Waals surface area (Å²) < 4.78 is 32.1. The molecule has 41 heavy (non-hydrogen) atoms. The molecule has 0 saturated heterocycles. The molecule has 0 aliphatic carbocycles. The maximum atomic E-state index is 12.0. The maximum absolute atomic E-state index is 12.0. The summed E-state index contributed by atoms with van der Waals surface area (Å²) in [5.74, 6) is -1.41. The molecule has 0 aliphatic heterocycles. The van der Waals surface area contributed by atoms with Crippen molar-refractivity contribution < 1.29 is 46.8 Å². The van der Waals surface area contributed by atoms with Crippen LogP contribution < -0.4 is 4.89 Å². The third-order valence-corrected chi connectivity index (χ3v) is 6.34. The van der Waals surface area contributed by atoms with Crippen LogP contribution in [0.5, 0.6) is 0 Å². The van der Waals surface area contributed by atoms with Crippen molar-refractivity contribution in [2.45, 2.75) is 77.7 Å². The lowest BCUT2D eigenvalue weighted by Gasteiger charge is -2.28. The van der Waals surface area contributed by atoms with Gasteiger partial charge in [-0.05, 0) is 38.2 Å². The predicted octanol–water partition coefficient (Wildman–Crippen LogP) is 4.99. The highest BCUT2D eigenvalue weighted by atomic mass is 31.2. The number of rotatable bonds is 24. The molecule has 234 valence electrons. The summed E-state index contributed by atoms with van der Waals surface area (Å²) in [4.78, 5) is 47.3. The zero-order valence-electron chi connectivity index (χ0n) is 25.5. The largest absolute Gasteiger partial charge is 0.756 e. The van der Waals surface area contributed by atoms with E-state index in [9.17, 15) is 23.8 Å². The summed E-state index contributed by atoms with van der Waals surface area (Å²) in [6.45, 7) is 2.76. The van der Waals surface area contributed by atoms with Gasteiger partial charge in [0, 0.05) is 19.8 Å². The van der Waals surface area contributed by atoms with E-state index in [-0.39, 0.29) is 38.3 Å². The van der Waals surface area contributed by atoms with Gasteiger partial charge < -0.3 is 27.9 Å². The molecule has 0 amide bonds. The Kier molecular flexibility index (Phi) is 21.9. The van der Waals surface area contributed by atoms with Crippen LogP contribution in [0.15, 0.2) is 48.6 Å². The highest BCUT2D eigenvalue weighted by Gasteiger charge is 2.20. The number of carbonyl (C=O) groups excluding carboxylic acids is 3. The van der Waals surface area contributed by atoms with E-state index < -0.39 is 32.5 Å². The monoisotopic (exact) mass is 599 g/mol. The number of hydrogen-bond acceptors (Lipinski definition) is 9. The van der Waals surface area contributed by atoms with Crippen molar-refractivity contribution >= 4 is 25.5 Å². The highest BCUT2D eigenvalue weighted by Crippen LogP contribution is 2.38. The average Bonchev–Trinajstić information content (AvgIpc) is 2.87. The molecule has 1 unspecified atom stereocenters. The van der Waals surface area contributed by atoms with Crippen molar-refractivity contribution in [3.05, 3.63) is 48.6 Å². The number of ketones is 1. The minimum Gasteiger partial charge on any atom is -0.756 e. The Balaban J connectivity index is 4.23. The quantitative estimate of drug-likeness (QED) is 0.0287. The number of unbranched alkanes of at least 4 members (excludes halogenated alkanes) is 3. The normalized spacial score (nSPS) is 14.7. The first-order valence-electron chi connectivity index (χ1n) is 14.2. The smallest absolute Gasteiger partial charge is 0.305 e. The van der Waals surface area contributed by atoms with Gasteiger partial charge in [0.15, 0.2) is 11.9 Å². The number of nitrogens with zero attached hydrogens (tertiary/aromatic N) is 1. The number of hydrogen-bond donors (Lipinski definition) is 0. The Morgan fingerprint density at radius 1 is 0.878 bits per heavy atom. The molecule has 0 heterocycles. The zero-order valence-corrected chi connectivity index (χ0v) is 26.4. The number of likely N-dealkylation sites (N-methyl/N-ethyl adjacent to an activating group) is 1. The van der Waals surface area contributed by atoms with Crippen molar-refractivity contribution in [2.24, 2.45) is 0 Å². The second kappa shape index (κ2) is 23.2. The van der Waals surface area contributed by atoms with Gasteiger partial charge in [0.2, 0.25) is 0 Å². The molecular weight excluding hydrogens is 549 g/mol. The third-order valence-electron chi connectivity index (χ3n) is 5.38. The summed E-state index contributed by atoms with van der Waals surface area (Å²) in [6, 6.07) is 0. The van der Waals surface area contributed by atoms with Crippen LogP contribution in [-0.4, -0.2) is 75.8 Å². The van der Waals surface area contributed by atoms with Gasteiger partial charge in [0.25, 0.3) is 7.82 Å². The first-order valence-corrected chi connectivity index (χ1v) is 15.7. The molecule has 0 spiro atoms. The molecule has 2 atom stereocenters. The van der Waals surface area contributed by atoms with Crippen molar-refractivity contribution in [2.75, 3.05) is 47.5 Å². The van der Waals surface area contributed by atoms with Gasteiger partial charge in [0.05, 0.1) is 27.7 Å². The Bertz CT molecular complexity index is 919. The van der Waals surface area contributed by atoms with Crippen LogP contribution in [0.2, 0.25) is 0 Å². The summed E-state index contributed by atoms with van der Waals surface area (Å²) in [5.41, 5.74) is 0. The van der Waals surface area contributed by atoms with E-state index in [1.54, 1.807) is 6.08 Å². The first-order chi connectivity index (χ1) is 19.3. The van der Waals surface area contributed by atoms with Gasteiger partial charge in [-0.3, -0.25) is 18.9 Å². The van der Waals surface area contributed by atoms with Crippen LogP contribution in [0.1, 0.15) is 71.6 Å². The average molecular weight is 600 g/mol. The molecule has 0 rings (SSSR count). The second-order valence-electron chi connectivity index (χ2n) is 10.5. The molecule has 0 aromatic heterocycles. The summed E-state index contributed by atoms with van der Waals surface area (Å²) in [6.07, 6.45) is 21.4. The number of phosphoric ester groups is 1. The minimum absolute atomic E-state index is 0.0187. The lowest BCUT2D eigenvalue weighted by molar-refractivity contribution is -0.870. The SMILES string of the molecule is CCCCC/C=C\C/C=C\C/C=C\C=C\C(=O)CCCC(=O)OC[C@H](COP(=O)([O-])OCC[N+](C)(C)C)OC(C)=O. The first kappa shape index (κ1) is 38.6. The number of allylic oxidation sites excluding steroid dienone is 8. The lowest BCUT2D eigenvalue weighted by atomic mass is 10.1. The molecule has 0 aromatic rings. The number of carbonyl (C=O) groups is 3. The lowest BCUT2D eigenvalue weighted by Crippen LogP contribution is -2.37. The highest BCUT2D eigenvalue weighted by molar-refractivity contribution is 7.45. The Labute approximate surface area is 246 Å². The van der Waals surface area contributed by atoms with Crippen LogP contribution in [0.3, 0.4) is 0 Å². The summed E-state index contributed by atoms with van der Waals surface area (Å²) >= 11 is 0. The molecule has 10 nitrogen and oxygen atoms in total. The molecular formula is C30H50NO9P. The van der Waals surface area contributed by atoms with Gasteiger partial charge in [0.1, 0.15) is 19.8 Å².